The van der Waals surface area contributed by atoms with Gasteiger partial charge in [0.1, 0.15) is 13.2 Å². The Morgan fingerprint density at radius 1 is 0.260 bits per heavy atom. The van der Waals surface area contributed by atoms with Crippen LogP contribution in [0.15, 0.2) is 194 Å². The van der Waals surface area contributed by atoms with Crippen LogP contribution in [0.4, 0.5) is 0 Å². The molecule has 0 rings (SSSR count). The maximum Gasteiger partial charge on any atom is 0.306 e. The second kappa shape index (κ2) is 62.8. The van der Waals surface area contributed by atoms with Crippen LogP contribution in [0.2, 0.25) is 0 Å². The first-order valence-corrected chi connectivity index (χ1v) is 29.9. The fourth-order valence-electron chi connectivity index (χ4n) is 7.23. The van der Waals surface area contributed by atoms with Gasteiger partial charge in [-0.15, -0.1) is 0 Å². The van der Waals surface area contributed by atoms with E-state index < -0.39 is 12.1 Å². The van der Waals surface area contributed by atoms with Crippen molar-refractivity contribution in [3.05, 3.63) is 194 Å². The molecule has 0 heterocycles. The number of hydrogen-bond acceptors (Lipinski definition) is 6. The summed E-state index contributed by atoms with van der Waals surface area (Å²) in [6, 6.07) is 0. The Labute approximate surface area is 471 Å². The highest BCUT2D eigenvalue weighted by Crippen LogP contribution is 2.12. The zero-order chi connectivity index (χ0) is 55.7. The molecule has 0 aliphatic heterocycles. The van der Waals surface area contributed by atoms with Gasteiger partial charge < -0.3 is 14.2 Å². The van der Waals surface area contributed by atoms with E-state index in [0.29, 0.717) is 19.3 Å². The van der Waals surface area contributed by atoms with Crippen LogP contribution in [0.25, 0.3) is 0 Å². The minimum Gasteiger partial charge on any atom is -0.462 e. The van der Waals surface area contributed by atoms with Gasteiger partial charge >= 0.3 is 17.9 Å². The molecule has 0 aliphatic carbocycles. The van der Waals surface area contributed by atoms with Crippen molar-refractivity contribution >= 4 is 17.9 Å². The number of ether oxygens (including phenoxy) is 3. The molecule has 426 valence electrons. The topological polar surface area (TPSA) is 78.9 Å². The largest absolute Gasteiger partial charge is 0.462 e. The molecule has 1 atom stereocenters. The summed E-state index contributed by atoms with van der Waals surface area (Å²) in [7, 11) is 0. The molecule has 6 nitrogen and oxygen atoms in total. The number of carbonyl (C=O) groups is 3. The van der Waals surface area contributed by atoms with E-state index in [4.69, 9.17) is 14.2 Å². The summed E-state index contributed by atoms with van der Waals surface area (Å²) in [5.41, 5.74) is 0. The van der Waals surface area contributed by atoms with Crippen LogP contribution < -0.4 is 0 Å². The molecule has 0 saturated heterocycles. The summed E-state index contributed by atoms with van der Waals surface area (Å²) in [5, 5.41) is 0. The number of unbranched alkanes of at least 4 members (excludes halogenated alkanes) is 8. The Kier molecular flexibility index (Phi) is 58.1. The standard InChI is InChI=1S/C71H106O6/c1-4-7-10-13-16-19-22-25-27-29-30-31-32-33-34-35-36-37-38-39-40-42-43-46-49-52-55-58-61-64-70(73)76-67-68(66-75-69(72)63-60-57-54-51-48-45-24-21-18-15-12-9-6-3)77-71(74)65-62-59-56-53-50-47-44-41-28-26-23-20-17-14-11-8-5-2/h7-12,16-21,25-28,30-31,33-34,36-37,39-40,44-45,47-48,53-54,56-57,68H,4-6,13-15,22-24,29,32,35,38,41-43,46,49-52,55,58-67H2,1-3H3/b10-7-,11-8-,12-9-,19-16-,20-17-,21-18-,27-25-,28-26-,31-30-,34-33-,37-36-,40-39-,47-44-,48-45-,56-53-,57-54-. The summed E-state index contributed by atoms with van der Waals surface area (Å²) in [5.74, 6) is -1.11. The zero-order valence-corrected chi connectivity index (χ0v) is 48.6. The van der Waals surface area contributed by atoms with Crippen LogP contribution >= 0.6 is 0 Å². The Morgan fingerprint density at radius 2 is 0.506 bits per heavy atom. The summed E-state index contributed by atoms with van der Waals surface area (Å²) < 4.78 is 16.7. The number of hydrogen-bond donors (Lipinski definition) is 0. The van der Waals surface area contributed by atoms with Gasteiger partial charge in [-0.3, -0.25) is 14.4 Å². The van der Waals surface area contributed by atoms with Crippen molar-refractivity contribution < 1.29 is 28.6 Å². The normalized spacial score (nSPS) is 13.5. The van der Waals surface area contributed by atoms with E-state index in [0.717, 1.165) is 141 Å². The molecule has 0 aromatic rings. The van der Waals surface area contributed by atoms with Crippen LogP contribution in [0.1, 0.15) is 213 Å². The smallest absolute Gasteiger partial charge is 0.306 e. The summed E-state index contributed by atoms with van der Waals surface area (Å²) >= 11 is 0. The summed E-state index contributed by atoms with van der Waals surface area (Å²) in [6.07, 6.45) is 95.9. The van der Waals surface area contributed by atoms with Crippen molar-refractivity contribution in [3.63, 3.8) is 0 Å². The zero-order valence-electron chi connectivity index (χ0n) is 48.6. The Bertz CT molecular complexity index is 1880. The van der Waals surface area contributed by atoms with Crippen molar-refractivity contribution in [3.8, 4) is 0 Å². The fourth-order valence-corrected chi connectivity index (χ4v) is 7.23. The average molecular weight is 1060 g/mol. The molecule has 0 fully saturated rings. The molecule has 0 bridgehead atoms. The van der Waals surface area contributed by atoms with Crippen LogP contribution in [0.3, 0.4) is 0 Å². The van der Waals surface area contributed by atoms with Gasteiger partial charge in [-0.25, -0.2) is 0 Å². The van der Waals surface area contributed by atoms with Gasteiger partial charge in [-0.2, -0.15) is 0 Å². The molecule has 0 aromatic carbocycles. The lowest BCUT2D eigenvalue weighted by atomic mass is 10.1. The first kappa shape index (κ1) is 71.2. The molecule has 0 saturated carbocycles. The molecular weight excluding hydrogens is 949 g/mol. The third-order valence-electron chi connectivity index (χ3n) is 11.6. The van der Waals surface area contributed by atoms with Crippen LogP contribution in [-0.4, -0.2) is 37.2 Å². The molecule has 0 aliphatic rings. The van der Waals surface area contributed by atoms with Crippen molar-refractivity contribution in [2.45, 2.75) is 219 Å². The lowest BCUT2D eigenvalue weighted by Gasteiger charge is -2.18. The maximum absolute atomic E-state index is 12.8. The van der Waals surface area contributed by atoms with Gasteiger partial charge in [0.25, 0.3) is 0 Å². The molecule has 0 amide bonds. The molecule has 0 radical (unpaired) electrons. The van der Waals surface area contributed by atoms with Crippen LogP contribution in [0, 0.1) is 0 Å². The fraction of sp³-hybridized carbons (Fsp3) is 0.507. The predicted molar refractivity (Wildman–Crippen MR) is 334 cm³/mol. The minimum absolute atomic E-state index is 0.140. The van der Waals surface area contributed by atoms with Crippen molar-refractivity contribution in [2.75, 3.05) is 13.2 Å². The highest BCUT2D eigenvalue weighted by atomic mass is 16.6. The van der Waals surface area contributed by atoms with Gasteiger partial charge in [0.05, 0.1) is 0 Å². The second-order valence-electron chi connectivity index (χ2n) is 18.8. The molecule has 6 heteroatoms. The van der Waals surface area contributed by atoms with Crippen LogP contribution in [0.5, 0.6) is 0 Å². The number of rotatable bonds is 51. The van der Waals surface area contributed by atoms with E-state index in [1.54, 1.807) is 0 Å². The van der Waals surface area contributed by atoms with E-state index in [2.05, 4.69) is 203 Å². The first-order valence-electron chi connectivity index (χ1n) is 29.9. The highest BCUT2D eigenvalue weighted by Gasteiger charge is 2.19. The third kappa shape index (κ3) is 61.0. The number of esters is 3. The van der Waals surface area contributed by atoms with E-state index in [1.165, 1.54) is 19.3 Å². The van der Waals surface area contributed by atoms with Crippen LogP contribution in [-0.2, 0) is 28.6 Å². The van der Waals surface area contributed by atoms with Gasteiger partial charge in [-0.05, 0) is 141 Å². The molecular formula is C71H106O6. The highest BCUT2D eigenvalue weighted by molar-refractivity contribution is 5.71. The summed E-state index contributed by atoms with van der Waals surface area (Å²) in [6.45, 7) is 6.15. The van der Waals surface area contributed by atoms with Gasteiger partial charge in [0.15, 0.2) is 6.10 Å². The lowest BCUT2D eigenvalue weighted by molar-refractivity contribution is -0.166. The van der Waals surface area contributed by atoms with E-state index in [9.17, 15) is 14.4 Å². The van der Waals surface area contributed by atoms with E-state index in [1.807, 2.05) is 12.2 Å². The Hall–Kier alpha value is -5.75. The molecule has 77 heavy (non-hydrogen) atoms. The molecule has 0 aromatic heterocycles. The molecule has 0 N–H and O–H groups in total. The Balaban J connectivity index is 4.48. The number of allylic oxidation sites excluding steroid dienone is 32. The monoisotopic (exact) mass is 1050 g/mol. The molecule has 1 unspecified atom stereocenters. The van der Waals surface area contributed by atoms with E-state index in [-0.39, 0.29) is 38.0 Å². The minimum atomic E-state index is -0.854. The number of carbonyl (C=O) groups excluding carboxylic acids is 3. The second-order valence-corrected chi connectivity index (χ2v) is 18.8. The predicted octanol–water partition coefficient (Wildman–Crippen LogP) is 20.6. The third-order valence-corrected chi connectivity index (χ3v) is 11.6. The van der Waals surface area contributed by atoms with Gasteiger partial charge in [0.2, 0.25) is 0 Å². The average Bonchev–Trinajstić information content (AvgIpc) is 3.43. The lowest BCUT2D eigenvalue weighted by Crippen LogP contribution is -2.30. The van der Waals surface area contributed by atoms with Crippen molar-refractivity contribution in [2.24, 2.45) is 0 Å². The van der Waals surface area contributed by atoms with Crippen molar-refractivity contribution in [1.29, 1.82) is 0 Å². The van der Waals surface area contributed by atoms with Gasteiger partial charge in [0, 0.05) is 19.3 Å². The maximum atomic E-state index is 12.8. The molecule has 0 spiro atoms. The quantitative estimate of drug-likeness (QED) is 0.0261. The Morgan fingerprint density at radius 3 is 0.844 bits per heavy atom. The first-order chi connectivity index (χ1) is 38.0. The summed E-state index contributed by atoms with van der Waals surface area (Å²) in [4.78, 5) is 38.1. The van der Waals surface area contributed by atoms with Gasteiger partial charge in [-0.1, -0.05) is 247 Å². The van der Waals surface area contributed by atoms with Crippen molar-refractivity contribution in [1.82, 2.24) is 0 Å². The SMILES string of the molecule is CC/C=C\C/C=C\C/C=C\C/C=C\C/C=C\C/C=C\C/C=C\CCCCCCCCCC(=O)OCC(COC(=O)CC/C=C\C/C=C\C/C=C\C/C=C\CC)OC(=O)CCC/C=C\C/C=C\C/C=C\C/C=C\C/C=C\CC. The van der Waals surface area contributed by atoms with E-state index >= 15 is 0 Å².